The molecule has 4 aromatic heterocycles. The summed E-state index contributed by atoms with van der Waals surface area (Å²) in [6, 6.07) is 106. The summed E-state index contributed by atoms with van der Waals surface area (Å²) in [4.78, 5) is 4.71. The van der Waals surface area contributed by atoms with Gasteiger partial charge < -0.3 is 23.0 Å². The van der Waals surface area contributed by atoms with Crippen LogP contribution in [0.25, 0.3) is 137 Å². The van der Waals surface area contributed by atoms with Crippen LogP contribution in [0.3, 0.4) is 0 Å². The van der Waals surface area contributed by atoms with Crippen molar-refractivity contribution in [1.29, 1.82) is 0 Å². The first kappa shape index (κ1) is 50.9. The summed E-state index contributed by atoms with van der Waals surface area (Å²) in [5, 5.41) is 13.9. The minimum absolute atomic E-state index is 0.0434. The second-order valence-electron chi connectivity index (χ2n) is 24.8. The van der Waals surface area contributed by atoms with Crippen LogP contribution in [0.1, 0.15) is 26.3 Å². The zero-order valence-electron chi connectivity index (χ0n) is 49.4. The lowest BCUT2D eigenvalue weighted by Gasteiger charge is -2.26. The molecule has 18 rings (SSSR count). The zero-order valence-corrected chi connectivity index (χ0v) is 49.4. The molecule has 89 heavy (non-hydrogen) atoms. The number of fused-ring (bicyclic) bond motifs is 14. The molecule has 0 radical (unpaired) electrons. The minimum Gasteiger partial charge on any atom is -0.453 e. The Hall–Kier alpha value is -11.4. The Morgan fingerprint density at radius 3 is 1.13 bits per heavy atom. The molecule has 0 saturated heterocycles. The van der Waals surface area contributed by atoms with Crippen molar-refractivity contribution < 1.29 is 8.83 Å². The third-order valence-corrected chi connectivity index (χ3v) is 18.6. The summed E-state index contributed by atoms with van der Waals surface area (Å²) >= 11 is 0. The molecule has 14 aromatic carbocycles. The van der Waals surface area contributed by atoms with Crippen LogP contribution in [0, 0.1) is 0 Å². The highest BCUT2D eigenvalue weighted by atomic mass is 16.3. The van der Waals surface area contributed by atoms with Gasteiger partial charge >= 0.3 is 0 Å². The SMILES string of the molecule is CC(C)(C)c1ccc(-c2cc3c4cc5ccc(N(c6ccccc6)c6cccc7c6oc6c(-c8ccccc8)cccc67)cc5cc4n4c5cc6cc(N(c7ccccc7)c7cccc8c7oc7c(-c9ccccc9)cccc78)ccc6cc5c(c2)c34)cc1. The Bertz CT molecular complexity index is 5490. The maximum Gasteiger partial charge on any atom is 0.159 e. The molecule has 0 N–H and O–H groups in total. The van der Waals surface area contributed by atoms with Crippen molar-refractivity contribution in [3.05, 3.63) is 297 Å². The van der Waals surface area contributed by atoms with Gasteiger partial charge in [0.2, 0.25) is 0 Å². The van der Waals surface area contributed by atoms with Gasteiger partial charge in [-0.2, -0.15) is 0 Å². The maximum absolute atomic E-state index is 7.09. The minimum atomic E-state index is 0.0434. The van der Waals surface area contributed by atoms with Crippen molar-refractivity contribution in [1.82, 2.24) is 4.40 Å². The molecule has 0 spiro atoms. The summed E-state index contributed by atoms with van der Waals surface area (Å²) in [6.45, 7) is 6.85. The van der Waals surface area contributed by atoms with Gasteiger partial charge in [0.15, 0.2) is 11.2 Å². The van der Waals surface area contributed by atoms with Crippen LogP contribution >= 0.6 is 0 Å². The van der Waals surface area contributed by atoms with Gasteiger partial charge in [-0.25, -0.2) is 0 Å². The molecule has 0 bridgehead atoms. The van der Waals surface area contributed by atoms with E-state index in [1.54, 1.807) is 0 Å². The predicted molar refractivity (Wildman–Crippen MR) is 375 cm³/mol. The number of benzene rings is 14. The monoisotopic (exact) mass is 1140 g/mol. The normalized spacial score (nSPS) is 12.2. The Morgan fingerprint density at radius 1 is 0.281 bits per heavy atom. The molecule has 0 fully saturated rings. The molecule has 0 saturated carbocycles. The molecule has 0 amide bonds. The molecule has 420 valence electrons. The second-order valence-corrected chi connectivity index (χ2v) is 24.8. The topological polar surface area (TPSA) is 37.2 Å². The molecular formula is C84H57N3O2. The van der Waals surface area contributed by atoms with Crippen molar-refractivity contribution in [2.45, 2.75) is 26.2 Å². The van der Waals surface area contributed by atoms with Crippen LogP contribution in [-0.4, -0.2) is 4.40 Å². The summed E-state index contributed by atoms with van der Waals surface area (Å²) in [7, 11) is 0. The van der Waals surface area contributed by atoms with Gasteiger partial charge in [0.1, 0.15) is 11.2 Å². The number of para-hydroxylation sites is 6. The third kappa shape index (κ3) is 8.02. The fourth-order valence-electron chi connectivity index (χ4n) is 14.3. The van der Waals surface area contributed by atoms with Crippen molar-refractivity contribution in [2.24, 2.45) is 0 Å². The number of rotatable bonds is 9. The smallest absolute Gasteiger partial charge is 0.159 e. The lowest BCUT2D eigenvalue weighted by Crippen LogP contribution is -2.10. The third-order valence-electron chi connectivity index (χ3n) is 18.6. The quantitative estimate of drug-likeness (QED) is 0.144. The van der Waals surface area contributed by atoms with E-state index >= 15 is 0 Å². The Labute approximate surface area is 514 Å². The van der Waals surface area contributed by atoms with E-state index in [1.165, 1.54) is 54.5 Å². The van der Waals surface area contributed by atoms with Gasteiger partial charge in [0.25, 0.3) is 0 Å². The number of furan rings is 2. The molecule has 18 aromatic rings. The van der Waals surface area contributed by atoms with Crippen LogP contribution in [0.15, 0.2) is 300 Å². The maximum atomic E-state index is 7.09. The summed E-state index contributed by atoms with van der Waals surface area (Å²) in [6.07, 6.45) is 0. The molecule has 5 heteroatoms. The van der Waals surface area contributed by atoms with E-state index in [9.17, 15) is 0 Å². The van der Waals surface area contributed by atoms with E-state index in [4.69, 9.17) is 8.83 Å². The molecule has 0 unspecified atom stereocenters. The van der Waals surface area contributed by atoms with Gasteiger partial charge in [-0.1, -0.05) is 215 Å². The highest BCUT2D eigenvalue weighted by Gasteiger charge is 2.26. The van der Waals surface area contributed by atoms with E-state index in [-0.39, 0.29) is 5.41 Å². The Kier molecular flexibility index (Phi) is 11.2. The number of hydrogen-bond donors (Lipinski definition) is 0. The van der Waals surface area contributed by atoms with Gasteiger partial charge in [-0.3, -0.25) is 0 Å². The van der Waals surface area contributed by atoms with E-state index < -0.39 is 0 Å². The highest BCUT2D eigenvalue weighted by molar-refractivity contribution is 6.27. The predicted octanol–water partition coefficient (Wildman–Crippen LogP) is 24.2. The van der Waals surface area contributed by atoms with E-state index in [0.29, 0.717) is 0 Å². The number of anilines is 6. The molecule has 0 aliphatic rings. The van der Waals surface area contributed by atoms with Gasteiger partial charge in [0.05, 0.1) is 27.9 Å². The van der Waals surface area contributed by atoms with Crippen LogP contribution < -0.4 is 9.80 Å². The van der Waals surface area contributed by atoms with Crippen LogP contribution in [0.2, 0.25) is 0 Å². The van der Waals surface area contributed by atoms with Gasteiger partial charge in [-0.15, -0.1) is 0 Å². The number of nitrogens with zero attached hydrogens (tertiary/aromatic N) is 3. The average Bonchev–Trinajstić information content (AvgIpc) is 1.55. The van der Waals surface area contributed by atoms with Crippen LogP contribution in [0.5, 0.6) is 0 Å². The molecule has 0 aliphatic heterocycles. The fraction of sp³-hybridized carbons (Fsp3) is 0.0476. The first-order valence-electron chi connectivity index (χ1n) is 30.7. The van der Waals surface area contributed by atoms with E-state index in [0.717, 1.165) is 122 Å². The largest absolute Gasteiger partial charge is 0.453 e. The van der Waals surface area contributed by atoms with Crippen LogP contribution in [-0.2, 0) is 5.41 Å². The first-order chi connectivity index (χ1) is 43.8. The standard InChI is InChI=1S/C84H57N3O2/c1-84(2,3)60-40-36-52(37-41-60)59-48-73-71-46-55-38-42-63(85(61-24-12-6-13-25-61)75-34-18-32-69-67-30-16-28-65(80(67)88-82(69)75)53-20-8-4-9-21-53)44-57(55)50-77(71)87-78-51-58-45-64(43-39-56(58)47-72(78)74(49-59)79(73)87)86(62-26-14-7-15-27-62)76-35-19-33-70-68-31-17-29-66(81(68)89-83(70)76)54-22-10-5-11-23-54/h4-51H,1-3H3. The van der Waals surface area contributed by atoms with E-state index in [2.05, 4.69) is 326 Å². The Balaban J connectivity index is 0.845. The summed E-state index contributed by atoms with van der Waals surface area (Å²) < 4.78 is 16.7. The molecule has 0 atom stereocenters. The van der Waals surface area contributed by atoms with Gasteiger partial charge in [0, 0.05) is 77.0 Å². The average molecular weight is 1140 g/mol. The van der Waals surface area contributed by atoms with Crippen molar-refractivity contribution in [3.63, 3.8) is 0 Å². The number of hydrogen-bond acceptors (Lipinski definition) is 4. The lowest BCUT2D eigenvalue weighted by atomic mass is 9.86. The van der Waals surface area contributed by atoms with Crippen molar-refractivity contribution >= 4 is 138 Å². The number of aromatic nitrogens is 1. The van der Waals surface area contributed by atoms with Gasteiger partial charge in [-0.05, 0) is 152 Å². The van der Waals surface area contributed by atoms with E-state index in [1.807, 2.05) is 0 Å². The summed E-state index contributed by atoms with van der Waals surface area (Å²) in [5.41, 5.74) is 21.3. The summed E-state index contributed by atoms with van der Waals surface area (Å²) in [5.74, 6) is 0. The molecular weight excluding hydrogens is 1080 g/mol. The zero-order chi connectivity index (χ0) is 59.1. The highest BCUT2D eigenvalue weighted by Crippen LogP contribution is 2.49. The van der Waals surface area contributed by atoms with Crippen LogP contribution in [0.4, 0.5) is 34.1 Å². The Morgan fingerprint density at radius 2 is 0.697 bits per heavy atom. The first-order valence-corrected chi connectivity index (χ1v) is 30.7. The molecule has 5 nitrogen and oxygen atoms in total. The fourth-order valence-corrected chi connectivity index (χ4v) is 14.3. The molecule has 0 aliphatic carbocycles. The van der Waals surface area contributed by atoms with Crippen molar-refractivity contribution in [2.75, 3.05) is 9.80 Å². The second kappa shape index (κ2) is 19.6. The lowest BCUT2D eigenvalue weighted by molar-refractivity contribution is 0.590. The molecule has 4 heterocycles. The van der Waals surface area contributed by atoms with Crippen molar-refractivity contribution in [3.8, 4) is 33.4 Å².